The number of carboxylic acids is 1. The van der Waals surface area contributed by atoms with Crippen LogP contribution in [-0.4, -0.2) is 87.1 Å². The van der Waals surface area contributed by atoms with Crippen LogP contribution in [0.15, 0.2) is 18.2 Å². The van der Waals surface area contributed by atoms with Crippen LogP contribution in [0.2, 0.25) is 0 Å². The minimum absolute atomic E-state index is 0.168. The Bertz CT molecular complexity index is 726. The second-order valence-corrected chi connectivity index (χ2v) is 8.99. The van der Waals surface area contributed by atoms with Gasteiger partial charge in [-0.25, -0.2) is 0 Å². The van der Waals surface area contributed by atoms with E-state index in [0.717, 1.165) is 50.3 Å². The summed E-state index contributed by atoms with van der Waals surface area (Å²) in [6.45, 7) is 2.47. The quantitative estimate of drug-likeness (QED) is 0.607. The highest BCUT2D eigenvalue weighted by Gasteiger charge is 2.40. The first kappa shape index (κ1) is 23.8. The SMILES string of the molecule is COc1ccc(CCO[C@@H]2CCCC[C@H]2N2CCC([C@@H](C(=O)O)N(C)C)C2)cc1OC. The molecule has 1 heterocycles. The molecule has 3 rings (SSSR count). The summed E-state index contributed by atoms with van der Waals surface area (Å²) in [6.07, 6.45) is 6.61. The minimum atomic E-state index is -0.719. The van der Waals surface area contributed by atoms with Crippen molar-refractivity contribution in [1.82, 2.24) is 9.80 Å². The Morgan fingerprint density at radius 1 is 1.16 bits per heavy atom. The van der Waals surface area contributed by atoms with Gasteiger partial charge in [-0.2, -0.15) is 0 Å². The maximum absolute atomic E-state index is 11.7. The molecular formula is C24H38N2O5. The molecule has 1 aliphatic carbocycles. The zero-order valence-electron chi connectivity index (χ0n) is 19.4. The van der Waals surface area contributed by atoms with Gasteiger partial charge in [0, 0.05) is 12.6 Å². The number of nitrogens with zero attached hydrogens (tertiary/aromatic N) is 2. The largest absolute Gasteiger partial charge is 0.493 e. The second-order valence-electron chi connectivity index (χ2n) is 8.99. The van der Waals surface area contributed by atoms with Crippen molar-refractivity contribution in [3.63, 3.8) is 0 Å². The zero-order chi connectivity index (χ0) is 22.4. The standard InChI is InChI=1S/C24H38N2O5/c1-25(2)23(24(27)28)18-11-13-26(16-18)19-7-5-6-8-20(19)31-14-12-17-9-10-21(29-3)22(15-17)30-4/h9-10,15,18-20,23H,5-8,11-14,16H2,1-4H3,(H,27,28)/t18?,19-,20-,23+/m1/s1. The zero-order valence-corrected chi connectivity index (χ0v) is 19.4. The number of hydrogen-bond donors (Lipinski definition) is 1. The van der Waals surface area contributed by atoms with Gasteiger partial charge in [0.2, 0.25) is 0 Å². The highest BCUT2D eigenvalue weighted by Crippen LogP contribution is 2.32. The lowest BCUT2D eigenvalue weighted by molar-refractivity contribution is -0.144. The van der Waals surface area contributed by atoms with E-state index in [1.807, 2.05) is 31.1 Å². The lowest BCUT2D eigenvalue weighted by Gasteiger charge is -2.38. The van der Waals surface area contributed by atoms with Gasteiger partial charge in [0.15, 0.2) is 11.5 Å². The molecule has 2 fully saturated rings. The highest BCUT2D eigenvalue weighted by atomic mass is 16.5. The number of carboxylic acid groups (broad SMARTS) is 1. The van der Waals surface area contributed by atoms with E-state index in [0.29, 0.717) is 12.6 Å². The minimum Gasteiger partial charge on any atom is -0.493 e. The van der Waals surface area contributed by atoms with Crippen molar-refractivity contribution in [1.29, 1.82) is 0 Å². The van der Waals surface area contributed by atoms with Crippen molar-refractivity contribution < 1.29 is 24.1 Å². The summed E-state index contributed by atoms with van der Waals surface area (Å²) in [5, 5.41) is 9.65. The van der Waals surface area contributed by atoms with Crippen LogP contribution in [0.4, 0.5) is 0 Å². The summed E-state index contributed by atoms with van der Waals surface area (Å²) in [6, 6.07) is 5.98. The predicted octanol–water partition coefficient (Wildman–Crippen LogP) is 2.91. The van der Waals surface area contributed by atoms with Gasteiger partial charge in [-0.15, -0.1) is 0 Å². The van der Waals surface area contributed by atoms with Gasteiger partial charge in [-0.3, -0.25) is 14.6 Å². The normalized spacial score (nSPS) is 25.5. The molecule has 2 aliphatic rings. The smallest absolute Gasteiger partial charge is 0.321 e. The van der Waals surface area contributed by atoms with Crippen LogP contribution >= 0.6 is 0 Å². The molecule has 0 bridgehead atoms. The van der Waals surface area contributed by atoms with Crippen LogP contribution in [0.1, 0.15) is 37.7 Å². The number of benzene rings is 1. The first-order valence-corrected chi connectivity index (χ1v) is 11.4. The molecule has 31 heavy (non-hydrogen) atoms. The molecule has 0 amide bonds. The maximum atomic E-state index is 11.7. The lowest BCUT2D eigenvalue weighted by Crippen LogP contribution is -2.48. The Hall–Kier alpha value is -1.83. The predicted molar refractivity (Wildman–Crippen MR) is 120 cm³/mol. The Morgan fingerprint density at radius 2 is 1.90 bits per heavy atom. The molecule has 7 nitrogen and oxygen atoms in total. The van der Waals surface area contributed by atoms with Gasteiger partial charge in [-0.1, -0.05) is 18.9 Å². The molecular weight excluding hydrogens is 396 g/mol. The fourth-order valence-electron chi connectivity index (χ4n) is 5.27. The van der Waals surface area contributed by atoms with Crippen molar-refractivity contribution in [3.05, 3.63) is 23.8 Å². The van der Waals surface area contributed by atoms with E-state index in [-0.39, 0.29) is 12.0 Å². The third-order valence-electron chi connectivity index (χ3n) is 6.82. The van der Waals surface area contributed by atoms with E-state index in [2.05, 4.69) is 11.0 Å². The van der Waals surface area contributed by atoms with Crippen molar-refractivity contribution >= 4 is 5.97 Å². The Morgan fingerprint density at radius 3 is 2.58 bits per heavy atom. The van der Waals surface area contributed by atoms with Crippen molar-refractivity contribution in [2.75, 3.05) is 48.0 Å². The van der Waals surface area contributed by atoms with E-state index < -0.39 is 12.0 Å². The molecule has 1 aliphatic heterocycles. The Balaban J connectivity index is 1.56. The molecule has 174 valence electrons. The topological polar surface area (TPSA) is 71.5 Å². The molecule has 0 radical (unpaired) electrons. The summed E-state index contributed by atoms with van der Waals surface area (Å²) >= 11 is 0. The van der Waals surface area contributed by atoms with Crippen LogP contribution in [0.3, 0.4) is 0 Å². The summed E-state index contributed by atoms with van der Waals surface area (Å²) in [4.78, 5) is 16.1. The van der Waals surface area contributed by atoms with E-state index in [4.69, 9.17) is 14.2 Å². The van der Waals surface area contributed by atoms with Crippen LogP contribution in [-0.2, 0) is 16.0 Å². The van der Waals surface area contributed by atoms with Gasteiger partial charge in [-0.05, 0) is 69.9 Å². The van der Waals surface area contributed by atoms with Crippen LogP contribution in [0, 0.1) is 5.92 Å². The summed E-state index contributed by atoms with van der Waals surface area (Å²) in [5.41, 5.74) is 1.17. The number of aliphatic carboxylic acids is 1. The van der Waals surface area contributed by atoms with Crippen molar-refractivity contribution in [2.24, 2.45) is 5.92 Å². The van der Waals surface area contributed by atoms with E-state index in [1.165, 1.54) is 18.4 Å². The monoisotopic (exact) mass is 434 g/mol. The van der Waals surface area contributed by atoms with E-state index in [9.17, 15) is 9.90 Å². The van der Waals surface area contributed by atoms with Crippen molar-refractivity contribution in [3.8, 4) is 11.5 Å². The molecule has 4 atom stereocenters. The number of rotatable bonds is 10. The second kappa shape index (κ2) is 11.2. The van der Waals surface area contributed by atoms with Crippen LogP contribution < -0.4 is 9.47 Å². The molecule has 1 aromatic rings. The number of likely N-dealkylation sites (N-methyl/N-ethyl adjacent to an activating group) is 1. The molecule has 1 unspecified atom stereocenters. The first-order valence-electron chi connectivity index (χ1n) is 11.4. The van der Waals surface area contributed by atoms with E-state index in [1.54, 1.807) is 14.2 Å². The van der Waals surface area contributed by atoms with E-state index >= 15 is 0 Å². The number of likely N-dealkylation sites (tertiary alicyclic amines) is 1. The number of hydrogen-bond acceptors (Lipinski definition) is 6. The van der Waals surface area contributed by atoms with Gasteiger partial charge in [0.1, 0.15) is 6.04 Å². The summed E-state index contributed by atoms with van der Waals surface area (Å²) in [7, 11) is 7.02. The fourth-order valence-corrected chi connectivity index (χ4v) is 5.27. The maximum Gasteiger partial charge on any atom is 0.321 e. The summed E-state index contributed by atoms with van der Waals surface area (Å²) in [5.74, 6) is 0.929. The summed E-state index contributed by atoms with van der Waals surface area (Å²) < 4.78 is 17.1. The van der Waals surface area contributed by atoms with Gasteiger partial charge in [0.25, 0.3) is 0 Å². The highest BCUT2D eigenvalue weighted by molar-refractivity contribution is 5.74. The number of ether oxygens (including phenoxy) is 3. The number of methoxy groups -OCH3 is 2. The van der Waals surface area contributed by atoms with Gasteiger partial charge in [0.05, 0.1) is 26.9 Å². The van der Waals surface area contributed by atoms with Gasteiger partial charge < -0.3 is 19.3 Å². The molecule has 1 aromatic carbocycles. The Kier molecular flexibility index (Phi) is 8.58. The fraction of sp³-hybridized carbons (Fsp3) is 0.708. The third-order valence-corrected chi connectivity index (χ3v) is 6.82. The number of carbonyl (C=O) groups is 1. The molecule has 1 N–H and O–H groups in total. The molecule has 1 saturated carbocycles. The first-order chi connectivity index (χ1) is 14.9. The molecule has 0 spiro atoms. The van der Waals surface area contributed by atoms with Crippen LogP contribution in [0.5, 0.6) is 11.5 Å². The van der Waals surface area contributed by atoms with Gasteiger partial charge >= 0.3 is 5.97 Å². The average molecular weight is 435 g/mol. The molecule has 0 aromatic heterocycles. The van der Waals surface area contributed by atoms with Crippen LogP contribution in [0.25, 0.3) is 0 Å². The van der Waals surface area contributed by atoms with Crippen molar-refractivity contribution in [2.45, 2.75) is 56.7 Å². The average Bonchev–Trinajstić information content (AvgIpc) is 3.22. The Labute approximate surface area is 186 Å². The lowest BCUT2D eigenvalue weighted by atomic mass is 9.91. The third kappa shape index (κ3) is 5.90. The molecule has 7 heteroatoms. The molecule has 1 saturated heterocycles.